The lowest BCUT2D eigenvalue weighted by atomic mass is 10.1. The van der Waals surface area contributed by atoms with E-state index >= 15 is 0 Å². The van der Waals surface area contributed by atoms with Crippen molar-refractivity contribution in [2.75, 3.05) is 19.8 Å². The fourth-order valence-corrected chi connectivity index (χ4v) is 3.54. The molecule has 0 spiro atoms. The molecule has 0 unspecified atom stereocenters. The molecule has 0 aliphatic heterocycles. The van der Waals surface area contributed by atoms with Crippen molar-refractivity contribution >= 4 is 5.91 Å². The minimum atomic E-state index is -0.903. The molecule has 1 aromatic carbocycles. The number of hydrogen-bond donors (Lipinski definition) is 3. The first-order valence-electron chi connectivity index (χ1n) is 10.9. The van der Waals surface area contributed by atoms with Crippen LogP contribution in [0.5, 0.6) is 5.75 Å². The number of carbonyl (C=O) groups is 1. The first-order chi connectivity index (χ1) is 15.8. The molecule has 33 heavy (non-hydrogen) atoms. The van der Waals surface area contributed by atoms with Gasteiger partial charge in [-0.3, -0.25) is 9.78 Å². The fraction of sp³-hybridized carbons (Fsp3) is 0.417. The highest BCUT2D eigenvalue weighted by atomic mass is 16.5. The number of benzene rings is 1. The van der Waals surface area contributed by atoms with E-state index < -0.39 is 18.6 Å². The number of aryl methyl sites for hydroxylation is 4. The Hall–Kier alpha value is -3.30. The van der Waals surface area contributed by atoms with Crippen LogP contribution in [0.15, 0.2) is 28.8 Å². The second-order valence-electron chi connectivity index (χ2n) is 8.03. The zero-order chi connectivity index (χ0) is 24.0. The van der Waals surface area contributed by atoms with Crippen LogP contribution in [0, 0.1) is 20.8 Å². The van der Waals surface area contributed by atoms with Gasteiger partial charge < -0.3 is 24.8 Å². The maximum Gasteiger partial charge on any atom is 0.258 e. The van der Waals surface area contributed by atoms with Gasteiger partial charge in [0.25, 0.3) is 5.89 Å². The SMILES string of the molecule is CCCc1cc(-c2nc(-c3cc(C)c(OC[C@@H](O)CNC(=O)CO)c(C)c3)no2)cc(C)n1. The standard InChI is InChI=1S/C24H30N4O5/c1-5-6-19-10-18(9-16(4)26-19)24-27-23(28-33-24)17-7-14(2)22(15(3)8-17)32-13-20(30)11-25-21(31)12-29/h7-10,20,29-30H,5-6,11-13H2,1-4H3,(H,25,31)/t20-/m0/s1. The van der Waals surface area contributed by atoms with Gasteiger partial charge in [0.1, 0.15) is 25.1 Å². The highest BCUT2D eigenvalue weighted by molar-refractivity contribution is 5.76. The van der Waals surface area contributed by atoms with Crippen molar-refractivity contribution in [2.24, 2.45) is 0 Å². The molecule has 0 bridgehead atoms. The van der Waals surface area contributed by atoms with Gasteiger partial charge in [-0.15, -0.1) is 0 Å². The van der Waals surface area contributed by atoms with Crippen molar-refractivity contribution in [2.45, 2.75) is 46.6 Å². The second-order valence-corrected chi connectivity index (χ2v) is 8.03. The Kier molecular flexibility index (Phi) is 8.13. The molecular formula is C24H30N4O5. The largest absolute Gasteiger partial charge is 0.490 e. The molecule has 9 heteroatoms. The molecule has 0 aliphatic carbocycles. The molecule has 9 nitrogen and oxygen atoms in total. The molecule has 2 aromatic heterocycles. The summed E-state index contributed by atoms with van der Waals surface area (Å²) in [5.41, 5.74) is 5.25. The van der Waals surface area contributed by atoms with Gasteiger partial charge >= 0.3 is 0 Å². The zero-order valence-electron chi connectivity index (χ0n) is 19.4. The van der Waals surface area contributed by atoms with Crippen LogP contribution in [-0.2, 0) is 11.2 Å². The number of aliphatic hydroxyl groups is 2. The average Bonchev–Trinajstić information content (AvgIpc) is 3.27. The molecule has 2 heterocycles. The summed E-state index contributed by atoms with van der Waals surface area (Å²) >= 11 is 0. The predicted molar refractivity (Wildman–Crippen MR) is 123 cm³/mol. The van der Waals surface area contributed by atoms with Crippen molar-refractivity contribution in [3.63, 3.8) is 0 Å². The highest BCUT2D eigenvalue weighted by Gasteiger charge is 2.16. The summed E-state index contributed by atoms with van der Waals surface area (Å²) in [5.74, 6) is 1.01. The normalized spacial score (nSPS) is 11.9. The Bertz CT molecular complexity index is 1090. The van der Waals surface area contributed by atoms with Crippen molar-refractivity contribution < 1.29 is 24.3 Å². The number of aromatic nitrogens is 3. The number of nitrogens with one attached hydrogen (secondary N) is 1. The Labute approximate surface area is 192 Å². The lowest BCUT2D eigenvalue weighted by molar-refractivity contribution is -0.124. The van der Waals surface area contributed by atoms with E-state index in [9.17, 15) is 9.90 Å². The summed E-state index contributed by atoms with van der Waals surface area (Å²) in [7, 11) is 0. The Morgan fingerprint density at radius 2 is 1.85 bits per heavy atom. The van der Waals surface area contributed by atoms with Gasteiger partial charge in [0.05, 0.1) is 0 Å². The Balaban J connectivity index is 1.74. The first-order valence-corrected chi connectivity index (χ1v) is 10.9. The van der Waals surface area contributed by atoms with Crippen LogP contribution in [0.1, 0.15) is 35.9 Å². The van der Waals surface area contributed by atoms with Crippen molar-refractivity contribution in [3.05, 3.63) is 46.8 Å². The van der Waals surface area contributed by atoms with E-state index in [1.165, 1.54) is 0 Å². The van der Waals surface area contributed by atoms with Gasteiger partial charge in [0, 0.05) is 29.1 Å². The third-order valence-corrected chi connectivity index (χ3v) is 5.00. The van der Waals surface area contributed by atoms with E-state index in [1.807, 2.05) is 45.0 Å². The molecular weight excluding hydrogens is 424 g/mol. The molecule has 1 atom stereocenters. The molecule has 3 rings (SSSR count). The number of aliphatic hydroxyl groups excluding tert-OH is 2. The topological polar surface area (TPSA) is 131 Å². The third-order valence-electron chi connectivity index (χ3n) is 5.00. The Morgan fingerprint density at radius 1 is 1.12 bits per heavy atom. The molecule has 0 aliphatic rings. The molecule has 176 valence electrons. The number of hydrogen-bond acceptors (Lipinski definition) is 8. The van der Waals surface area contributed by atoms with Crippen LogP contribution in [0.25, 0.3) is 22.8 Å². The smallest absolute Gasteiger partial charge is 0.258 e. The fourth-order valence-electron chi connectivity index (χ4n) is 3.54. The number of ether oxygens (including phenoxy) is 1. The van der Waals surface area contributed by atoms with Crippen molar-refractivity contribution in [1.29, 1.82) is 0 Å². The van der Waals surface area contributed by atoms with Crippen LogP contribution >= 0.6 is 0 Å². The summed E-state index contributed by atoms with van der Waals surface area (Å²) in [4.78, 5) is 20.2. The van der Waals surface area contributed by atoms with Crippen LogP contribution in [-0.4, -0.2) is 57.1 Å². The summed E-state index contributed by atoms with van der Waals surface area (Å²) in [6, 6.07) is 7.71. The number of pyridine rings is 1. The zero-order valence-corrected chi connectivity index (χ0v) is 19.4. The maximum atomic E-state index is 11.1. The molecule has 0 radical (unpaired) electrons. The molecule has 0 saturated carbocycles. The predicted octanol–water partition coefficient (Wildman–Crippen LogP) is 2.52. The van der Waals surface area contributed by atoms with Crippen molar-refractivity contribution in [1.82, 2.24) is 20.4 Å². The van der Waals surface area contributed by atoms with E-state index in [2.05, 4.69) is 27.4 Å². The minimum absolute atomic E-state index is 0.000576. The van der Waals surface area contributed by atoms with Crippen LogP contribution < -0.4 is 10.1 Å². The van der Waals surface area contributed by atoms with Crippen LogP contribution in [0.3, 0.4) is 0 Å². The van der Waals surface area contributed by atoms with Gasteiger partial charge in [-0.2, -0.15) is 4.98 Å². The monoisotopic (exact) mass is 454 g/mol. The number of amides is 1. The lowest BCUT2D eigenvalue weighted by Crippen LogP contribution is -2.36. The van der Waals surface area contributed by atoms with Gasteiger partial charge in [-0.1, -0.05) is 18.5 Å². The summed E-state index contributed by atoms with van der Waals surface area (Å²) in [6.45, 7) is 7.24. The van der Waals surface area contributed by atoms with Crippen LogP contribution in [0.4, 0.5) is 0 Å². The van der Waals surface area contributed by atoms with E-state index in [-0.39, 0.29) is 13.2 Å². The summed E-state index contributed by atoms with van der Waals surface area (Å²) < 4.78 is 11.3. The third kappa shape index (κ3) is 6.36. The molecule has 3 aromatic rings. The van der Waals surface area contributed by atoms with Gasteiger partial charge in [0.2, 0.25) is 11.7 Å². The van der Waals surface area contributed by atoms with E-state index in [0.29, 0.717) is 17.5 Å². The molecule has 0 saturated heterocycles. The second kappa shape index (κ2) is 11.0. The van der Waals surface area contributed by atoms with E-state index in [1.54, 1.807) is 0 Å². The summed E-state index contributed by atoms with van der Waals surface area (Å²) in [5, 5.41) is 25.3. The molecule has 1 amide bonds. The van der Waals surface area contributed by atoms with E-state index in [0.717, 1.165) is 46.5 Å². The van der Waals surface area contributed by atoms with E-state index in [4.69, 9.17) is 14.4 Å². The molecule has 3 N–H and O–H groups in total. The quantitative estimate of drug-likeness (QED) is 0.426. The number of nitrogens with zero attached hydrogens (tertiary/aromatic N) is 3. The average molecular weight is 455 g/mol. The van der Waals surface area contributed by atoms with Gasteiger partial charge in [-0.05, 0) is 62.6 Å². The van der Waals surface area contributed by atoms with Gasteiger partial charge in [-0.25, -0.2) is 0 Å². The Morgan fingerprint density at radius 3 is 2.52 bits per heavy atom. The minimum Gasteiger partial charge on any atom is -0.490 e. The lowest BCUT2D eigenvalue weighted by Gasteiger charge is -2.16. The summed E-state index contributed by atoms with van der Waals surface area (Å²) in [6.07, 6.45) is 0.991. The first kappa shape index (κ1) is 24.3. The van der Waals surface area contributed by atoms with Gasteiger partial charge in [0.15, 0.2) is 0 Å². The number of carbonyl (C=O) groups excluding carboxylic acids is 1. The van der Waals surface area contributed by atoms with Crippen LogP contribution in [0.2, 0.25) is 0 Å². The highest BCUT2D eigenvalue weighted by Crippen LogP contribution is 2.30. The maximum absolute atomic E-state index is 11.1. The van der Waals surface area contributed by atoms with Crippen molar-refractivity contribution in [3.8, 4) is 28.6 Å². The number of rotatable bonds is 10. The molecule has 0 fully saturated rings.